The van der Waals surface area contributed by atoms with Crippen molar-refractivity contribution in [2.24, 2.45) is 4.99 Å². The molecule has 0 spiro atoms. The second-order valence-corrected chi connectivity index (χ2v) is 10.4. The number of ether oxygens (including phenoxy) is 1. The zero-order valence-corrected chi connectivity index (χ0v) is 21.0. The van der Waals surface area contributed by atoms with Crippen LogP contribution in [0.25, 0.3) is 0 Å². The first kappa shape index (κ1) is 24.7. The number of hydrogen-bond acceptors (Lipinski definition) is 5. The lowest BCUT2D eigenvalue weighted by molar-refractivity contribution is 0.357. The van der Waals surface area contributed by atoms with Crippen LogP contribution in [-0.2, 0) is 23.1 Å². The van der Waals surface area contributed by atoms with E-state index in [0.29, 0.717) is 28.0 Å². The lowest BCUT2D eigenvalue weighted by Gasteiger charge is -2.21. The zero-order chi connectivity index (χ0) is 24.8. The van der Waals surface area contributed by atoms with Crippen LogP contribution in [0.2, 0.25) is 5.02 Å². The highest BCUT2D eigenvalue weighted by Crippen LogP contribution is 2.24. The Bertz CT molecular complexity index is 1410. The van der Waals surface area contributed by atoms with Crippen LogP contribution in [0.15, 0.2) is 99.2 Å². The van der Waals surface area contributed by atoms with E-state index in [0.717, 1.165) is 11.1 Å². The third-order valence-corrected chi connectivity index (χ3v) is 7.40. The number of hydrogen-bond donors (Lipinski definition) is 0. The second-order valence-electron chi connectivity index (χ2n) is 7.98. The van der Waals surface area contributed by atoms with E-state index in [1.165, 1.54) is 16.4 Å². The highest BCUT2D eigenvalue weighted by Gasteiger charge is 2.26. The molecule has 1 aromatic heterocycles. The van der Waals surface area contributed by atoms with E-state index < -0.39 is 10.0 Å². The molecule has 0 saturated heterocycles. The Balaban J connectivity index is 1.58. The summed E-state index contributed by atoms with van der Waals surface area (Å²) in [7, 11) is -2.21. The van der Waals surface area contributed by atoms with Gasteiger partial charge in [0.1, 0.15) is 17.3 Å². The van der Waals surface area contributed by atoms with Gasteiger partial charge in [0.25, 0.3) is 0 Å². The molecule has 0 aliphatic carbocycles. The van der Waals surface area contributed by atoms with Crippen molar-refractivity contribution >= 4 is 33.5 Å². The van der Waals surface area contributed by atoms with E-state index in [9.17, 15) is 8.42 Å². The summed E-state index contributed by atoms with van der Waals surface area (Å²) in [4.78, 5) is 4.58. The number of sulfonamides is 1. The van der Waals surface area contributed by atoms with Gasteiger partial charge in [-0.25, -0.2) is 8.42 Å². The number of furan rings is 1. The predicted octanol–water partition coefficient (Wildman–Crippen LogP) is 6.39. The van der Waals surface area contributed by atoms with Gasteiger partial charge in [-0.15, -0.1) is 0 Å². The minimum absolute atomic E-state index is 0.0613. The maximum atomic E-state index is 13.5. The Morgan fingerprint density at radius 3 is 2.43 bits per heavy atom. The van der Waals surface area contributed by atoms with Gasteiger partial charge in [-0.3, -0.25) is 4.99 Å². The van der Waals surface area contributed by atoms with Gasteiger partial charge in [0.05, 0.1) is 30.5 Å². The summed E-state index contributed by atoms with van der Waals surface area (Å²) in [6.45, 7) is 2.24. The van der Waals surface area contributed by atoms with Crippen LogP contribution in [0.3, 0.4) is 0 Å². The van der Waals surface area contributed by atoms with Gasteiger partial charge < -0.3 is 9.15 Å². The molecule has 6 nitrogen and oxygen atoms in total. The average molecular weight is 509 g/mol. The highest BCUT2D eigenvalue weighted by atomic mass is 35.5. The molecule has 0 N–H and O–H groups in total. The van der Waals surface area contributed by atoms with E-state index in [1.54, 1.807) is 37.6 Å². The molecule has 35 heavy (non-hydrogen) atoms. The van der Waals surface area contributed by atoms with Gasteiger partial charge in [0, 0.05) is 17.6 Å². The average Bonchev–Trinajstić information content (AvgIpc) is 3.31. The summed E-state index contributed by atoms with van der Waals surface area (Å²) in [6, 6.07) is 24.8. The van der Waals surface area contributed by atoms with Crippen LogP contribution in [0.1, 0.15) is 22.6 Å². The molecule has 0 radical (unpaired) electrons. The molecule has 0 unspecified atom stereocenters. The van der Waals surface area contributed by atoms with Crippen LogP contribution in [0, 0.1) is 6.92 Å². The molecule has 4 rings (SSSR count). The Hall–Kier alpha value is -3.39. The van der Waals surface area contributed by atoms with Gasteiger partial charge in [0.15, 0.2) is 0 Å². The van der Waals surface area contributed by atoms with Crippen molar-refractivity contribution in [3.63, 3.8) is 0 Å². The number of aryl methyl sites for hydroxylation is 1. The maximum absolute atomic E-state index is 13.5. The smallest absolute Gasteiger partial charge is 0.243 e. The third kappa shape index (κ3) is 6.39. The van der Waals surface area contributed by atoms with E-state index in [1.807, 2.05) is 55.5 Å². The van der Waals surface area contributed by atoms with Gasteiger partial charge in [-0.1, -0.05) is 47.5 Å². The molecule has 0 aliphatic heterocycles. The normalized spacial score (nSPS) is 11.9. The zero-order valence-electron chi connectivity index (χ0n) is 19.4. The van der Waals surface area contributed by atoms with E-state index in [2.05, 4.69) is 4.99 Å². The van der Waals surface area contributed by atoms with Crippen LogP contribution in [0.4, 0.5) is 5.69 Å². The van der Waals surface area contributed by atoms with Gasteiger partial charge in [-0.2, -0.15) is 4.31 Å². The summed E-state index contributed by atoms with van der Waals surface area (Å²) in [5.74, 6) is 1.72. The molecule has 0 bridgehead atoms. The quantitative estimate of drug-likeness (QED) is 0.245. The molecule has 0 atom stereocenters. The third-order valence-electron chi connectivity index (χ3n) is 5.34. The number of methoxy groups -OCH3 is 1. The van der Waals surface area contributed by atoms with Crippen LogP contribution in [-0.4, -0.2) is 26.0 Å². The minimum Gasteiger partial charge on any atom is -0.497 e. The van der Waals surface area contributed by atoms with Gasteiger partial charge in [0.2, 0.25) is 10.0 Å². The first-order chi connectivity index (χ1) is 16.8. The summed E-state index contributed by atoms with van der Waals surface area (Å²) >= 11 is 5.97. The van der Waals surface area contributed by atoms with Crippen LogP contribution >= 0.6 is 11.6 Å². The first-order valence-corrected chi connectivity index (χ1v) is 12.7. The van der Waals surface area contributed by atoms with Crippen molar-refractivity contribution in [2.45, 2.75) is 24.9 Å². The first-order valence-electron chi connectivity index (χ1n) is 10.9. The molecule has 8 heteroatoms. The molecule has 180 valence electrons. The molecule has 0 saturated carbocycles. The summed E-state index contributed by atoms with van der Waals surface area (Å²) < 4.78 is 39.5. The number of nitrogens with zero attached hydrogens (tertiary/aromatic N) is 2. The SMILES string of the molecule is COc1cccc(N=Cc2ccc(CN(Cc3ccc(C)cc3)S(=O)(=O)c3ccc(Cl)cc3)o2)c1. The van der Waals surface area contributed by atoms with Crippen molar-refractivity contribution in [1.82, 2.24) is 4.31 Å². The van der Waals surface area contributed by atoms with Gasteiger partial charge >= 0.3 is 0 Å². The highest BCUT2D eigenvalue weighted by molar-refractivity contribution is 7.89. The number of benzene rings is 3. The van der Waals surface area contributed by atoms with Crippen LogP contribution in [0.5, 0.6) is 5.75 Å². The Labute approximate surface area is 210 Å². The van der Waals surface area contributed by atoms with Crippen molar-refractivity contribution < 1.29 is 17.6 Å². The fraction of sp³-hybridized carbons (Fsp3) is 0.148. The Kier molecular flexibility index (Phi) is 7.70. The summed E-state index contributed by atoms with van der Waals surface area (Å²) in [5.41, 5.74) is 2.69. The standard InChI is InChI=1S/C27H25ClN2O4S/c1-20-6-8-21(9-7-20)18-30(35(31,32)27-14-10-22(28)11-15-27)19-26-13-12-25(34-26)17-29-23-4-3-5-24(16-23)33-2/h3-17H,18-19H2,1-2H3. The summed E-state index contributed by atoms with van der Waals surface area (Å²) in [6.07, 6.45) is 1.59. The largest absolute Gasteiger partial charge is 0.497 e. The van der Waals surface area contributed by atoms with Crippen molar-refractivity contribution in [3.8, 4) is 5.75 Å². The van der Waals surface area contributed by atoms with Crippen LogP contribution < -0.4 is 4.74 Å². The lowest BCUT2D eigenvalue weighted by Crippen LogP contribution is -2.30. The van der Waals surface area contributed by atoms with E-state index >= 15 is 0 Å². The Morgan fingerprint density at radius 1 is 0.971 bits per heavy atom. The molecule has 4 aromatic rings. The maximum Gasteiger partial charge on any atom is 0.243 e. The molecule has 3 aromatic carbocycles. The minimum atomic E-state index is -3.81. The molecule has 0 fully saturated rings. The fourth-order valence-corrected chi connectivity index (χ4v) is 4.95. The Morgan fingerprint density at radius 2 is 1.71 bits per heavy atom. The van der Waals surface area contributed by atoms with Crippen molar-refractivity contribution in [1.29, 1.82) is 0 Å². The van der Waals surface area contributed by atoms with Crippen molar-refractivity contribution in [2.75, 3.05) is 7.11 Å². The molecular weight excluding hydrogens is 484 g/mol. The van der Waals surface area contributed by atoms with Gasteiger partial charge in [-0.05, 0) is 61.0 Å². The monoisotopic (exact) mass is 508 g/mol. The van der Waals surface area contributed by atoms with Crippen molar-refractivity contribution in [3.05, 3.63) is 113 Å². The molecule has 1 heterocycles. The van der Waals surface area contributed by atoms with E-state index in [4.69, 9.17) is 20.8 Å². The number of rotatable bonds is 9. The lowest BCUT2D eigenvalue weighted by atomic mass is 10.1. The fourth-order valence-electron chi connectivity index (χ4n) is 3.43. The topological polar surface area (TPSA) is 72.1 Å². The number of aliphatic imine (C=N–C) groups is 1. The molecule has 0 aliphatic rings. The molecule has 0 amide bonds. The number of halogens is 1. The predicted molar refractivity (Wildman–Crippen MR) is 138 cm³/mol. The summed E-state index contributed by atoms with van der Waals surface area (Å²) in [5, 5.41) is 0.472. The second kappa shape index (κ2) is 10.9. The molecular formula is C27H25ClN2O4S. The van der Waals surface area contributed by atoms with E-state index in [-0.39, 0.29) is 18.0 Å².